The third-order valence-electron chi connectivity index (χ3n) is 5.20. The Labute approximate surface area is 117 Å². The van der Waals surface area contributed by atoms with Gasteiger partial charge < -0.3 is 10.6 Å². The molecule has 1 heterocycles. The molecule has 0 aromatic heterocycles. The van der Waals surface area contributed by atoms with Crippen LogP contribution in [0.5, 0.6) is 0 Å². The summed E-state index contributed by atoms with van der Waals surface area (Å²) in [5.41, 5.74) is 0.201. The van der Waals surface area contributed by atoms with Crippen molar-refractivity contribution in [1.82, 2.24) is 10.6 Å². The van der Waals surface area contributed by atoms with E-state index < -0.39 is 0 Å². The van der Waals surface area contributed by atoms with E-state index in [0.717, 1.165) is 13.1 Å². The van der Waals surface area contributed by atoms with E-state index in [1.807, 2.05) is 0 Å². The van der Waals surface area contributed by atoms with Crippen LogP contribution >= 0.6 is 0 Å². The molecule has 3 rings (SSSR count). The third kappa shape index (κ3) is 3.13. The van der Waals surface area contributed by atoms with E-state index in [0.29, 0.717) is 6.04 Å². The number of aliphatic imine (C=N–C) groups is 1. The van der Waals surface area contributed by atoms with Crippen LogP contribution in [0.4, 0.5) is 0 Å². The van der Waals surface area contributed by atoms with E-state index in [1.54, 1.807) is 0 Å². The zero-order valence-electron chi connectivity index (χ0n) is 12.2. The first-order chi connectivity index (χ1) is 9.39. The van der Waals surface area contributed by atoms with E-state index in [9.17, 15) is 0 Å². The predicted octanol–water partition coefficient (Wildman–Crippen LogP) is 3.00. The van der Waals surface area contributed by atoms with Crippen LogP contribution in [0.15, 0.2) is 4.99 Å². The number of rotatable bonds is 1. The number of hydrogen-bond donors (Lipinski definition) is 2. The number of nitrogens with one attached hydrogen (secondary N) is 2. The fraction of sp³-hybridized carbons (Fsp3) is 0.938. The highest BCUT2D eigenvalue weighted by Crippen LogP contribution is 2.30. The van der Waals surface area contributed by atoms with Gasteiger partial charge in [0.25, 0.3) is 0 Å². The highest BCUT2D eigenvalue weighted by molar-refractivity contribution is 5.92. The lowest BCUT2D eigenvalue weighted by molar-refractivity contribution is 0.343. The van der Waals surface area contributed by atoms with E-state index in [4.69, 9.17) is 4.99 Å². The first kappa shape index (κ1) is 13.4. The molecule has 0 saturated heterocycles. The van der Waals surface area contributed by atoms with Crippen LogP contribution in [0.25, 0.3) is 0 Å². The average molecular weight is 263 g/mol. The lowest BCUT2D eigenvalue weighted by atomic mass is 9.86. The summed E-state index contributed by atoms with van der Waals surface area (Å²) in [6, 6.07) is 0.688. The average Bonchev–Trinajstić information content (AvgIpc) is 2.69. The summed E-state index contributed by atoms with van der Waals surface area (Å²) < 4.78 is 0. The van der Waals surface area contributed by atoms with Gasteiger partial charge in [-0.15, -0.1) is 0 Å². The Hall–Kier alpha value is -0.570. The molecule has 19 heavy (non-hydrogen) atoms. The van der Waals surface area contributed by atoms with Crippen molar-refractivity contribution in [3.8, 4) is 0 Å². The van der Waals surface area contributed by atoms with E-state index >= 15 is 0 Å². The molecule has 2 N–H and O–H groups in total. The largest absolute Gasteiger partial charge is 0.370 e. The molecular formula is C16H29N3. The number of amidine groups is 1. The maximum atomic E-state index is 4.89. The Morgan fingerprint density at radius 2 is 1.63 bits per heavy atom. The second-order valence-electron chi connectivity index (χ2n) is 6.63. The van der Waals surface area contributed by atoms with Crippen molar-refractivity contribution in [1.29, 1.82) is 0 Å². The lowest BCUT2D eigenvalue weighted by Gasteiger charge is -2.40. The molecule has 108 valence electrons. The second kappa shape index (κ2) is 6.25. The lowest BCUT2D eigenvalue weighted by Crippen LogP contribution is -2.61. The fourth-order valence-corrected chi connectivity index (χ4v) is 4.07. The molecule has 3 heteroatoms. The van der Waals surface area contributed by atoms with Gasteiger partial charge in [0.05, 0.1) is 12.1 Å². The maximum absolute atomic E-state index is 4.89. The SMILES string of the molecule is C1CCC(NC2=NCCNC23CCCCCC3)CC1. The molecule has 2 fully saturated rings. The summed E-state index contributed by atoms with van der Waals surface area (Å²) in [4.78, 5) is 4.89. The van der Waals surface area contributed by atoms with Crippen molar-refractivity contribution >= 4 is 5.84 Å². The third-order valence-corrected chi connectivity index (χ3v) is 5.20. The number of nitrogens with zero attached hydrogens (tertiary/aromatic N) is 1. The zero-order chi connectivity index (χ0) is 13.0. The molecule has 0 aromatic carbocycles. The van der Waals surface area contributed by atoms with Gasteiger partial charge >= 0.3 is 0 Å². The summed E-state index contributed by atoms with van der Waals surface area (Å²) in [5, 5.41) is 7.65. The van der Waals surface area contributed by atoms with Gasteiger partial charge in [0.1, 0.15) is 5.84 Å². The molecule has 1 spiro atoms. The Morgan fingerprint density at radius 1 is 0.947 bits per heavy atom. The van der Waals surface area contributed by atoms with Crippen molar-refractivity contribution in [3.05, 3.63) is 0 Å². The predicted molar refractivity (Wildman–Crippen MR) is 80.7 cm³/mol. The van der Waals surface area contributed by atoms with Crippen molar-refractivity contribution in [2.24, 2.45) is 4.99 Å². The molecule has 0 aromatic rings. The van der Waals surface area contributed by atoms with Crippen molar-refractivity contribution in [3.63, 3.8) is 0 Å². The fourth-order valence-electron chi connectivity index (χ4n) is 4.07. The van der Waals surface area contributed by atoms with Crippen molar-refractivity contribution in [2.75, 3.05) is 13.1 Å². The maximum Gasteiger partial charge on any atom is 0.117 e. The Kier molecular flexibility index (Phi) is 4.42. The summed E-state index contributed by atoms with van der Waals surface area (Å²) >= 11 is 0. The van der Waals surface area contributed by atoms with Gasteiger partial charge in [-0.05, 0) is 25.7 Å². The molecule has 0 atom stereocenters. The molecular weight excluding hydrogens is 234 g/mol. The summed E-state index contributed by atoms with van der Waals surface area (Å²) in [7, 11) is 0. The van der Waals surface area contributed by atoms with Crippen LogP contribution in [0.1, 0.15) is 70.6 Å². The van der Waals surface area contributed by atoms with Gasteiger partial charge in [-0.1, -0.05) is 44.9 Å². The highest BCUT2D eigenvalue weighted by Gasteiger charge is 2.38. The Morgan fingerprint density at radius 3 is 2.37 bits per heavy atom. The van der Waals surface area contributed by atoms with Gasteiger partial charge in [0.15, 0.2) is 0 Å². The van der Waals surface area contributed by atoms with E-state index in [1.165, 1.54) is 76.5 Å². The molecule has 0 bridgehead atoms. The molecule has 2 aliphatic carbocycles. The van der Waals surface area contributed by atoms with Gasteiger partial charge in [-0.3, -0.25) is 4.99 Å². The molecule has 3 nitrogen and oxygen atoms in total. The quantitative estimate of drug-likeness (QED) is 0.763. The van der Waals surface area contributed by atoms with Crippen LogP contribution in [-0.2, 0) is 0 Å². The molecule has 0 radical (unpaired) electrons. The van der Waals surface area contributed by atoms with Gasteiger partial charge in [0.2, 0.25) is 0 Å². The standard InChI is InChI=1S/C16H29N3/c1-2-7-11-16(10-6-1)15(17-12-13-18-16)19-14-8-4-3-5-9-14/h14,18H,1-13H2,(H,17,19). The van der Waals surface area contributed by atoms with Crippen LogP contribution in [0, 0.1) is 0 Å². The van der Waals surface area contributed by atoms with Crippen LogP contribution in [-0.4, -0.2) is 30.5 Å². The Bertz CT molecular complexity index is 310. The van der Waals surface area contributed by atoms with Crippen LogP contribution in [0.3, 0.4) is 0 Å². The first-order valence-electron chi connectivity index (χ1n) is 8.46. The summed E-state index contributed by atoms with van der Waals surface area (Å²) in [5.74, 6) is 1.31. The second-order valence-corrected chi connectivity index (χ2v) is 6.63. The van der Waals surface area contributed by atoms with Gasteiger partial charge in [-0.25, -0.2) is 0 Å². The summed E-state index contributed by atoms with van der Waals surface area (Å²) in [6.45, 7) is 2.02. The minimum atomic E-state index is 0.201. The monoisotopic (exact) mass is 263 g/mol. The van der Waals surface area contributed by atoms with E-state index in [-0.39, 0.29) is 5.54 Å². The normalized spacial score (nSPS) is 28.7. The molecule has 1 aliphatic heterocycles. The minimum Gasteiger partial charge on any atom is -0.370 e. The molecule has 0 amide bonds. The molecule has 0 unspecified atom stereocenters. The minimum absolute atomic E-state index is 0.201. The number of hydrogen-bond acceptors (Lipinski definition) is 3. The van der Waals surface area contributed by atoms with Crippen LogP contribution in [0.2, 0.25) is 0 Å². The zero-order valence-corrected chi connectivity index (χ0v) is 12.2. The first-order valence-corrected chi connectivity index (χ1v) is 8.46. The molecule has 2 saturated carbocycles. The highest BCUT2D eigenvalue weighted by atomic mass is 15.2. The van der Waals surface area contributed by atoms with Gasteiger partial charge in [-0.2, -0.15) is 0 Å². The smallest absolute Gasteiger partial charge is 0.117 e. The summed E-state index contributed by atoms with van der Waals surface area (Å²) in [6.07, 6.45) is 15.0. The topological polar surface area (TPSA) is 36.4 Å². The van der Waals surface area contributed by atoms with Crippen LogP contribution < -0.4 is 10.6 Å². The van der Waals surface area contributed by atoms with Crippen molar-refractivity contribution in [2.45, 2.75) is 82.2 Å². The van der Waals surface area contributed by atoms with E-state index in [2.05, 4.69) is 10.6 Å². The molecule has 3 aliphatic rings. The van der Waals surface area contributed by atoms with Gasteiger partial charge in [0, 0.05) is 12.6 Å². The Balaban J connectivity index is 1.70. The van der Waals surface area contributed by atoms with Crippen molar-refractivity contribution < 1.29 is 0 Å².